The van der Waals surface area contributed by atoms with E-state index in [9.17, 15) is 14.9 Å². The molecule has 0 radical (unpaired) electrons. The number of anilines is 1. The Morgan fingerprint density at radius 3 is 1.91 bits per heavy atom. The summed E-state index contributed by atoms with van der Waals surface area (Å²) in [5.41, 5.74) is 0.443. The number of carbonyl (C=O) groups excluding carboxylic acids is 1. The first-order chi connectivity index (χ1) is 31.9. The van der Waals surface area contributed by atoms with Crippen LogP contribution in [0.4, 0.5) is 10.6 Å². The maximum atomic E-state index is 14.2. The Hall–Kier alpha value is -5.20. The lowest BCUT2D eigenvalue weighted by Crippen LogP contribution is -2.50. The predicted octanol–water partition coefficient (Wildman–Crippen LogP) is 9.68. The molecule has 18 heteroatoms. The number of ether oxygens (including phenoxy) is 5. The first kappa shape index (κ1) is 52.8. The van der Waals surface area contributed by atoms with Crippen LogP contribution in [0.15, 0.2) is 95.9 Å². The van der Waals surface area contributed by atoms with Crippen molar-refractivity contribution in [2.45, 2.75) is 122 Å². The van der Waals surface area contributed by atoms with Crippen molar-refractivity contribution >= 4 is 28.8 Å². The third-order valence-corrected chi connectivity index (χ3v) is 18.4. The van der Waals surface area contributed by atoms with Crippen LogP contribution in [0.3, 0.4) is 0 Å². The molecule has 5 rings (SSSR count). The zero-order chi connectivity index (χ0) is 48.9. The lowest BCUT2D eigenvalue weighted by molar-refractivity contribution is -0.0943. The normalized spacial score (nSPS) is 18.1. The van der Waals surface area contributed by atoms with Gasteiger partial charge in [-0.05, 0) is 92.8 Å². The summed E-state index contributed by atoms with van der Waals surface area (Å²) in [7, 11) is -1.36. The van der Waals surface area contributed by atoms with Crippen LogP contribution in [-0.4, -0.2) is 93.1 Å². The Balaban J connectivity index is 1.72. The van der Waals surface area contributed by atoms with E-state index in [0.717, 1.165) is 16.7 Å². The fourth-order valence-electron chi connectivity index (χ4n) is 7.52. The molecule has 67 heavy (non-hydrogen) atoms. The Morgan fingerprint density at radius 1 is 0.851 bits per heavy atom. The van der Waals surface area contributed by atoms with Crippen molar-refractivity contribution < 1.29 is 42.0 Å². The summed E-state index contributed by atoms with van der Waals surface area (Å²) in [5, 5.41) is 20.6. The summed E-state index contributed by atoms with van der Waals surface area (Å²) in [6, 6.07) is 30.8. The highest BCUT2D eigenvalue weighted by atomic mass is 31.2. The summed E-state index contributed by atoms with van der Waals surface area (Å²) in [4.78, 5) is 30.9. The molecule has 5 atom stereocenters. The van der Waals surface area contributed by atoms with E-state index in [4.69, 9.17) is 42.4 Å². The van der Waals surface area contributed by atoms with E-state index in [1.807, 2.05) is 84.9 Å². The molecule has 4 aromatic rings. The van der Waals surface area contributed by atoms with Gasteiger partial charge in [-0.15, -0.1) is 0 Å². The van der Waals surface area contributed by atoms with Crippen molar-refractivity contribution in [3.05, 3.63) is 118 Å². The summed E-state index contributed by atoms with van der Waals surface area (Å²) in [6.45, 7) is 18.7. The average Bonchev–Trinajstić information content (AvgIpc) is 3.61. The number of hydrogen-bond acceptors (Lipinski definition) is 14. The Labute approximate surface area is 397 Å². The third-order valence-electron chi connectivity index (χ3n) is 11.8. The first-order valence-electron chi connectivity index (χ1n) is 22.4. The zero-order valence-electron chi connectivity index (χ0n) is 40.4. The van der Waals surface area contributed by atoms with Gasteiger partial charge in [-0.25, -0.2) is 14.3 Å². The van der Waals surface area contributed by atoms with Gasteiger partial charge in [0.2, 0.25) is 0 Å². The van der Waals surface area contributed by atoms with Crippen LogP contribution in [0.2, 0.25) is 18.1 Å². The topological polar surface area (TPSA) is 189 Å². The molecule has 0 bridgehead atoms. The Bertz CT molecular complexity index is 2290. The van der Waals surface area contributed by atoms with Crippen molar-refractivity contribution in [3.8, 4) is 23.6 Å². The highest BCUT2D eigenvalue weighted by Crippen LogP contribution is 2.52. The van der Waals surface area contributed by atoms with Crippen LogP contribution >= 0.6 is 8.53 Å². The second-order valence-corrected chi connectivity index (χ2v) is 24.2. The summed E-state index contributed by atoms with van der Waals surface area (Å²) in [6.07, 6.45) is -3.10. The SMILES string of the molecule is COc1ccc(C(OC[C@H]2O[C@@H](n3ccc(NC(=O)OCCC#N)nc3=O)[C@H](O[Si](C)(C)C(C)(C)C)[C@@H]2OP(OCCC#N)N(C(C)C)C(C)C)(c2ccccc2)c2ccc(OC)cc2)cc1. The van der Waals surface area contributed by atoms with Gasteiger partial charge in [0.25, 0.3) is 8.53 Å². The van der Waals surface area contributed by atoms with Crippen molar-refractivity contribution in [3.63, 3.8) is 0 Å². The van der Waals surface area contributed by atoms with Crippen molar-refractivity contribution in [1.82, 2.24) is 14.2 Å². The standard InChI is InChI=1S/C49H65N6O10PSi/c1-34(2)55(35(3)4)66(62-32-16-29-51)64-43-41(33-61-49(36-17-13-12-14-18-36,37-19-23-39(58-8)24-20-37)38-21-25-40(59-9)26-22-38)63-45(44(43)65-67(10,11)48(5,6)7)54-30-27-42(52-46(54)56)53-47(57)60-31-15-28-50/h12-14,17-27,30,34-35,41,43-45H,15-16,31-33H2,1-11H3,(H,52,53,56,57)/t41-,43-,44-,45-,66?/m1/s1. The molecule has 0 aliphatic carbocycles. The lowest BCUT2D eigenvalue weighted by Gasteiger charge is -2.42. The zero-order valence-corrected chi connectivity index (χ0v) is 42.3. The van der Waals surface area contributed by atoms with Gasteiger partial charge in [-0.3, -0.25) is 9.88 Å². The van der Waals surface area contributed by atoms with Crippen LogP contribution in [0.25, 0.3) is 0 Å². The van der Waals surface area contributed by atoms with Gasteiger partial charge >= 0.3 is 11.8 Å². The molecule has 0 saturated carbocycles. The highest BCUT2D eigenvalue weighted by molar-refractivity contribution is 7.44. The molecule has 1 unspecified atom stereocenters. The van der Waals surface area contributed by atoms with Gasteiger partial charge in [0, 0.05) is 18.3 Å². The maximum absolute atomic E-state index is 14.2. The van der Waals surface area contributed by atoms with Crippen molar-refractivity contribution in [2.24, 2.45) is 0 Å². The molecule has 1 aliphatic rings. The second-order valence-electron chi connectivity index (χ2n) is 18.0. The van der Waals surface area contributed by atoms with Crippen molar-refractivity contribution in [1.29, 1.82) is 10.5 Å². The maximum Gasteiger partial charge on any atom is 0.412 e. The van der Waals surface area contributed by atoms with E-state index in [1.165, 1.54) is 16.8 Å². The third kappa shape index (κ3) is 12.9. The molecule has 1 N–H and O–H groups in total. The highest BCUT2D eigenvalue weighted by Gasteiger charge is 2.54. The molecule has 1 fully saturated rings. The smallest absolute Gasteiger partial charge is 0.412 e. The van der Waals surface area contributed by atoms with Gasteiger partial charge in [0.05, 0.1) is 52.4 Å². The Morgan fingerprint density at radius 2 is 1.40 bits per heavy atom. The van der Waals surface area contributed by atoms with Crippen LogP contribution < -0.4 is 20.5 Å². The van der Waals surface area contributed by atoms with E-state index in [-0.39, 0.29) is 55.6 Å². The number of nitriles is 2. The number of carbonyl (C=O) groups is 1. The average molecular weight is 957 g/mol. The second kappa shape index (κ2) is 23.7. The molecular weight excluding hydrogens is 892 g/mol. The molecule has 360 valence electrons. The molecule has 1 aliphatic heterocycles. The number of rotatable bonds is 22. The number of methoxy groups -OCH3 is 2. The van der Waals surface area contributed by atoms with Crippen LogP contribution in [0, 0.1) is 22.7 Å². The van der Waals surface area contributed by atoms with E-state index < -0.39 is 58.8 Å². The van der Waals surface area contributed by atoms with Gasteiger partial charge in [0.15, 0.2) is 14.5 Å². The Kier molecular flexibility index (Phi) is 18.7. The molecule has 1 amide bonds. The molecular formula is C49H65N6O10PSi. The number of hydrogen-bond donors (Lipinski definition) is 1. The van der Waals surface area contributed by atoms with E-state index in [1.54, 1.807) is 14.2 Å². The van der Waals surface area contributed by atoms with Gasteiger partial charge < -0.3 is 37.2 Å². The number of amides is 1. The fourth-order valence-corrected chi connectivity index (χ4v) is 10.6. The van der Waals surface area contributed by atoms with Gasteiger partial charge in [-0.1, -0.05) is 75.4 Å². The van der Waals surface area contributed by atoms with E-state index in [0.29, 0.717) is 11.5 Å². The minimum absolute atomic E-state index is 0.00943. The monoisotopic (exact) mass is 956 g/mol. The molecule has 1 aromatic heterocycles. The molecule has 2 heterocycles. The van der Waals surface area contributed by atoms with Gasteiger partial charge in [0.1, 0.15) is 47.8 Å². The van der Waals surface area contributed by atoms with Crippen LogP contribution in [0.5, 0.6) is 11.5 Å². The quantitative estimate of drug-likeness (QED) is 0.0339. The fraction of sp³-hybridized carbons (Fsp3) is 0.490. The summed E-state index contributed by atoms with van der Waals surface area (Å²) >= 11 is 0. The minimum Gasteiger partial charge on any atom is -0.497 e. The summed E-state index contributed by atoms with van der Waals surface area (Å²) < 4.78 is 55.3. The number of benzene rings is 3. The molecule has 3 aromatic carbocycles. The lowest BCUT2D eigenvalue weighted by atomic mass is 9.80. The molecule has 1 saturated heterocycles. The van der Waals surface area contributed by atoms with Gasteiger partial charge in [-0.2, -0.15) is 15.5 Å². The number of nitrogens with one attached hydrogen (secondary N) is 1. The van der Waals surface area contributed by atoms with Crippen LogP contribution in [0.1, 0.15) is 84.2 Å². The van der Waals surface area contributed by atoms with E-state index in [2.05, 4.69) is 82.6 Å². The summed E-state index contributed by atoms with van der Waals surface area (Å²) in [5.74, 6) is 1.28. The molecule has 16 nitrogen and oxygen atoms in total. The van der Waals surface area contributed by atoms with E-state index >= 15 is 0 Å². The minimum atomic E-state index is -2.72. The van der Waals surface area contributed by atoms with Crippen molar-refractivity contribution in [2.75, 3.05) is 39.4 Å². The number of aromatic nitrogens is 2. The predicted molar refractivity (Wildman–Crippen MR) is 258 cm³/mol. The largest absolute Gasteiger partial charge is 0.497 e. The first-order valence-corrected chi connectivity index (χ1v) is 26.4. The molecule has 0 spiro atoms. The van der Waals surface area contributed by atoms with Crippen LogP contribution in [-0.2, 0) is 33.3 Å². The number of nitrogens with zero attached hydrogens (tertiary/aromatic N) is 5.